The zero-order chi connectivity index (χ0) is 21.5. The van der Waals surface area contributed by atoms with Crippen molar-refractivity contribution in [3.8, 4) is 16.9 Å². The molecule has 2 N–H and O–H groups in total. The Kier molecular flexibility index (Phi) is 4.78. The monoisotopic (exact) mass is 437 g/mol. The standard InChI is InChI=1S/C21H16ClN5O4/c22-14-3-6-18-13(7-14)8-17(20(29)23-18)19-10-26(25-24-19)15-4-1-12(2-5-15)21(30)27-9-16(28)11-31-27/h1-8,10,16,28H,9,11H2,(H,23,29). The molecule has 1 saturated heterocycles. The Bertz CT molecular complexity index is 1350. The minimum Gasteiger partial charge on any atom is -0.389 e. The summed E-state index contributed by atoms with van der Waals surface area (Å²) in [6.07, 6.45) is 0.962. The smallest absolute Gasteiger partial charge is 0.277 e. The molecule has 2 aromatic heterocycles. The van der Waals surface area contributed by atoms with Crippen molar-refractivity contribution >= 4 is 28.4 Å². The Morgan fingerprint density at radius 3 is 2.74 bits per heavy atom. The van der Waals surface area contributed by atoms with E-state index < -0.39 is 6.10 Å². The molecule has 2 aromatic carbocycles. The highest BCUT2D eigenvalue weighted by Crippen LogP contribution is 2.22. The molecular weight excluding hydrogens is 422 g/mol. The molecule has 9 nitrogen and oxygen atoms in total. The van der Waals surface area contributed by atoms with Gasteiger partial charge >= 0.3 is 0 Å². The zero-order valence-corrected chi connectivity index (χ0v) is 16.8. The molecule has 5 rings (SSSR count). The third-order valence-corrected chi connectivity index (χ3v) is 5.22. The van der Waals surface area contributed by atoms with Crippen LogP contribution in [0, 0.1) is 0 Å². The molecule has 1 aliphatic heterocycles. The number of aliphatic hydroxyl groups excluding tert-OH is 1. The molecule has 1 aliphatic rings. The fraction of sp³-hybridized carbons (Fsp3) is 0.143. The maximum absolute atomic E-state index is 12.5. The molecule has 0 bridgehead atoms. The van der Waals surface area contributed by atoms with Gasteiger partial charge in [0.2, 0.25) is 0 Å². The number of fused-ring (bicyclic) bond motifs is 1. The first-order valence-corrected chi connectivity index (χ1v) is 9.84. The van der Waals surface area contributed by atoms with Crippen molar-refractivity contribution in [2.45, 2.75) is 6.10 Å². The van der Waals surface area contributed by atoms with Gasteiger partial charge in [-0.1, -0.05) is 16.8 Å². The van der Waals surface area contributed by atoms with Crippen LogP contribution >= 0.6 is 11.6 Å². The van der Waals surface area contributed by atoms with E-state index in [1.165, 1.54) is 4.68 Å². The molecule has 3 heterocycles. The first-order chi connectivity index (χ1) is 15.0. The fourth-order valence-corrected chi connectivity index (χ4v) is 3.58. The van der Waals surface area contributed by atoms with Gasteiger partial charge in [0.15, 0.2) is 0 Å². The van der Waals surface area contributed by atoms with Gasteiger partial charge in [0.1, 0.15) is 18.4 Å². The van der Waals surface area contributed by atoms with Crippen molar-refractivity contribution in [1.29, 1.82) is 0 Å². The fourth-order valence-electron chi connectivity index (χ4n) is 3.40. The van der Waals surface area contributed by atoms with E-state index in [-0.39, 0.29) is 24.6 Å². The molecule has 0 radical (unpaired) electrons. The minimum absolute atomic E-state index is 0.103. The topological polar surface area (TPSA) is 113 Å². The number of hydrogen-bond acceptors (Lipinski definition) is 6. The second-order valence-electron chi connectivity index (χ2n) is 7.15. The number of carbonyl (C=O) groups is 1. The summed E-state index contributed by atoms with van der Waals surface area (Å²) in [5, 5.41) is 20.2. The lowest BCUT2D eigenvalue weighted by Crippen LogP contribution is -2.28. The average Bonchev–Trinajstić information content (AvgIpc) is 3.43. The third kappa shape index (κ3) is 3.70. The largest absolute Gasteiger partial charge is 0.389 e. The van der Waals surface area contributed by atoms with Crippen LogP contribution in [-0.2, 0) is 4.84 Å². The van der Waals surface area contributed by atoms with E-state index in [1.807, 2.05) is 0 Å². The molecule has 4 aromatic rings. The lowest BCUT2D eigenvalue weighted by atomic mass is 10.1. The molecule has 0 saturated carbocycles. The van der Waals surface area contributed by atoms with Gasteiger partial charge in [-0.15, -0.1) is 5.10 Å². The van der Waals surface area contributed by atoms with Gasteiger partial charge in [0.05, 0.1) is 24.0 Å². The Hall–Kier alpha value is -3.53. The maximum atomic E-state index is 12.5. The quantitative estimate of drug-likeness (QED) is 0.508. The molecule has 156 valence electrons. The van der Waals surface area contributed by atoms with Gasteiger partial charge in [-0.3, -0.25) is 14.4 Å². The van der Waals surface area contributed by atoms with E-state index >= 15 is 0 Å². The summed E-state index contributed by atoms with van der Waals surface area (Å²) in [6.45, 7) is 0.240. The summed E-state index contributed by atoms with van der Waals surface area (Å²) in [5.74, 6) is -0.330. The van der Waals surface area contributed by atoms with E-state index in [0.29, 0.717) is 33.0 Å². The summed E-state index contributed by atoms with van der Waals surface area (Å²) < 4.78 is 1.52. The molecule has 1 amide bonds. The highest BCUT2D eigenvalue weighted by Gasteiger charge is 2.27. The van der Waals surface area contributed by atoms with Crippen molar-refractivity contribution in [3.05, 3.63) is 75.7 Å². The number of halogens is 1. The van der Waals surface area contributed by atoms with E-state index in [2.05, 4.69) is 15.3 Å². The number of aromatic amines is 1. The predicted octanol–water partition coefficient (Wildman–Crippen LogP) is 2.18. The number of nitrogens with zero attached hydrogens (tertiary/aromatic N) is 4. The van der Waals surface area contributed by atoms with Crippen molar-refractivity contribution in [2.24, 2.45) is 0 Å². The number of β-amino-alcohol motifs (C(OH)–C–C–N with tert-alkyl or cyclic N) is 1. The van der Waals surface area contributed by atoms with E-state index in [4.69, 9.17) is 16.4 Å². The number of H-pyrrole nitrogens is 1. The summed E-state index contributed by atoms with van der Waals surface area (Å²) in [4.78, 5) is 32.9. The number of carbonyl (C=O) groups excluding carboxylic acids is 1. The molecule has 1 fully saturated rings. The number of pyridine rings is 1. The molecule has 0 aliphatic carbocycles. The summed E-state index contributed by atoms with van der Waals surface area (Å²) >= 11 is 6.05. The van der Waals surface area contributed by atoms with Gasteiger partial charge < -0.3 is 10.1 Å². The second kappa shape index (κ2) is 7.62. The summed E-state index contributed by atoms with van der Waals surface area (Å²) in [7, 11) is 0. The Morgan fingerprint density at radius 2 is 2.00 bits per heavy atom. The predicted molar refractivity (Wildman–Crippen MR) is 113 cm³/mol. The molecule has 0 spiro atoms. The highest BCUT2D eigenvalue weighted by molar-refractivity contribution is 6.31. The number of aliphatic hydroxyl groups is 1. The molecular formula is C21H16ClN5O4. The van der Waals surface area contributed by atoms with Gasteiger partial charge in [0.25, 0.3) is 11.5 Å². The van der Waals surface area contributed by atoms with E-state index in [0.717, 1.165) is 10.4 Å². The number of hydroxylamine groups is 2. The molecule has 31 heavy (non-hydrogen) atoms. The van der Waals surface area contributed by atoms with Crippen LogP contribution in [0.4, 0.5) is 0 Å². The zero-order valence-electron chi connectivity index (χ0n) is 16.0. The van der Waals surface area contributed by atoms with Crippen molar-refractivity contribution in [2.75, 3.05) is 13.2 Å². The summed E-state index contributed by atoms with van der Waals surface area (Å²) in [5.41, 5.74) is 2.26. The Balaban J connectivity index is 1.42. The number of rotatable bonds is 3. The number of nitrogens with one attached hydrogen (secondary N) is 1. The number of hydrogen-bond donors (Lipinski definition) is 2. The third-order valence-electron chi connectivity index (χ3n) is 4.98. The highest BCUT2D eigenvalue weighted by atomic mass is 35.5. The molecule has 1 atom stereocenters. The summed E-state index contributed by atoms with van der Waals surface area (Å²) in [6, 6.07) is 13.6. The van der Waals surface area contributed by atoms with Crippen LogP contribution in [0.15, 0.2) is 59.5 Å². The van der Waals surface area contributed by atoms with Gasteiger partial charge in [-0.05, 0) is 48.5 Å². The lowest BCUT2D eigenvalue weighted by molar-refractivity contribution is -0.0779. The van der Waals surface area contributed by atoms with Gasteiger partial charge in [-0.2, -0.15) is 0 Å². The van der Waals surface area contributed by atoms with Crippen molar-refractivity contribution in [1.82, 2.24) is 25.0 Å². The van der Waals surface area contributed by atoms with E-state index in [9.17, 15) is 14.7 Å². The molecule has 1 unspecified atom stereocenters. The molecule has 10 heteroatoms. The van der Waals surface area contributed by atoms with Crippen molar-refractivity contribution in [3.63, 3.8) is 0 Å². The first kappa shape index (κ1) is 19.4. The number of aromatic nitrogens is 4. The van der Waals surface area contributed by atoms with Crippen LogP contribution in [0.5, 0.6) is 0 Å². The van der Waals surface area contributed by atoms with Crippen LogP contribution in [0.2, 0.25) is 5.02 Å². The van der Waals surface area contributed by atoms with E-state index in [1.54, 1.807) is 54.7 Å². The van der Waals surface area contributed by atoms with Crippen LogP contribution in [0.25, 0.3) is 27.8 Å². The van der Waals surface area contributed by atoms with Crippen LogP contribution in [0.1, 0.15) is 10.4 Å². The van der Waals surface area contributed by atoms with Gasteiger partial charge in [0, 0.05) is 21.5 Å². The number of benzene rings is 2. The second-order valence-corrected chi connectivity index (χ2v) is 7.59. The average molecular weight is 438 g/mol. The maximum Gasteiger partial charge on any atom is 0.277 e. The first-order valence-electron chi connectivity index (χ1n) is 9.46. The number of amides is 1. The normalized spacial score (nSPS) is 16.2. The van der Waals surface area contributed by atoms with Crippen LogP contribution in [0.3, 0.4) is 0 Å². The van der Waals surface area contributed by atoms with Crippen LogP contribution < -0.4 is 5.56 Å². The minimum atomic E-state index is -0.675. The SMILES string of the molecule is O=C(c1ccc(-n2cc(-c3cc4cc(Cl)ccc4[nH]c3=O)nn2)cc1)N1CC(O)CO1. The van der Waals surface area contributed by atoms with Gasteiger partial charge in [-0.25, -0.2) is 9.75 Å². The van der Waals surface area contributed by atoms with Crippen LogP contribution in [-0.4, -0.2) is 55.3 Å². The Morgan fingerprint density at radius 1 is 1.19 bits per heavy atom. The lowest BCUT2D eigenvalue weighted by Gasteiger charge is -2.13. The van der Waals surface area contributed by atoms with Crippen molar-refractivity contribution < 1.29 is 14.7 Å². The Labute approximate surface area is 180 Å².